The minimum atomic E-state index is -1.34. The van der Waals surface area contributed by atoms with E-state index in [0.717, 1.165) is 41.5 Å². The number of H-pyrrole nitrogens is 1. The van der Waals surface area contributed by atoms with Crippen LogP contribution in [0, 0.1) is 28.6 Å². The number of aromatic nitrogens is 1. The van der Waals surface area contributed by atoms with Crippen molar-refractivity contribution < 1.29 is 29.3 Å². The summed E-state index contributed by atoms with van der Waals surface area (Å²) >= 11 is 0. The van der Waals surface area contributed by atoms with E-state index < -0.39 is 41.5 Å². The van der Waals surface area contributed by atoms with Gasteiger partial charge in [-0.2, -0.15) is 0 Å². The summed E-state index contributed by atoms with van der Waals surface area (Å²) in [6.07, 6.45) is 8.78. The van der Waals surface area contributed by atoms with Crippen LogP contribution >= 0.6 is 0 Å². The molecule has 0 bridgehead atoms. The predicted molar refractivity (Wildman–Crippen MR) is 164 cm³/mol. The SMILES string of the molecule is C[C@]12C=CC(=O)C=C1CC[C@@H]1[C@@H]2[C@@H](O)C[C@@]2(C)[C@H]1C[C@H]1O[C@@H](c3ccc(Cc4ccc5cc[nH]c5c4)cc3)O[C@]12C(=O)CO. The van der Waals surface area contributed by atoms with Crippen LogP contribution in [0.25, 0.3) is 10.9 Å². The third-order valence-corrected chi connectivity index (χ3v) is 12.1. The number of ketones is 2. The van der Waals surface area contributed by atoms with Gasteiger partial charge in [-0.05, 0) is 84.7 Å². The standard InChI is InChI=1S/C37H39NO6/c1-35-13-11-26(40)17-25(35)9-10-27-28-18-32-37(31(42)20-39,36(28,2)19-30(41)33(27)35)44-34(43-32)24-7-3-21(4-8-24)15-22-5-6-23-12-14-38-29(23)16-22/h3-8,11-14,16-17,27-28,30,32-34,38-39,41H,9-10,15,18-20H2,1-2H3/t27-,28-,30-,32+,33+,34+,35-,36-,37+/m0/s1. The third kappa shape index (κ3) is 3.82. The van der Waals surface area contributed by atoms with Crippen LogP contribution in [0.5, 0.6) is 0 Å². The summed E-state index contributed by atoms with van der Waals surface area (Å²) in [5, 5.41) is 23.3. The second-order valence-electron chi connectivity index (χ2n) is 14.2. The number of carbonyl (C=O) groups is 2. The van der Waals surface area contributed by atoms with E-state index in [0.29, 0.717) is 12.8 Å². The second-order valence-corrected chi connectivity index (χ2v) is 14.2. The monoisotopic (exact) mass is 593 g/mol. The highest BCUT2D eigenvalue weighted by molar-refractivity contribution is 6.01. The van der Waals surface area contributed by atoms with E-state index in [9.17, 15) is 19.8 Å². The number of Topliss-reactive ketones (excluding diaryl/α,β-unsaturated/α-hetero) is 1. The van der Waals surface area contributed by atoms with Crippen LogP contribution in [-0.4, -0.2) is 51.2 Å². The van der Waals surface area contributed by atoms with E-state index in [1.165, 1.54) is 10.9 Å². The lowest BCUT2D eigenvalue weighted by atomic mass is 9.46. The van der Waals surface area contributed by atoms with Gasteiger partial charge in [-0.15, -0.1) is 0 Å². The lowest BCUT2D eigenvalue weighted by Gasteiger charge is -2.59. The molecular formula is C37H39NO6. The maximum Gasteiger partial charge on any atom is 0.193 e. The number of allylic oxidation sites excluding steroid dienone is 4. The number of aliphatic hydroxyl groups is 2. The number of rotatable bonds is 5. The molecule has 44 heavy (non-hydrogen) atoms. The van der Waals surface area contributed by atoms with E-state index in [-0.39, 0.29) is 29.3 Å². The lowest BCUT2D eigenvalue weighted by molar-refractivity contribution is -0.201. The van der Waals surface area contributed by atoms with Crippen molar-refractivity contribution in [3.05, 3.63) is 95.2 Å². The number of hydrogen-bond acceptors (Lipinski definition) is 6. The summed E-state index contributed by atoms with van der Waals surface area (Å²) < 4.78 is 13.3. The average molecular weight is 594 g/mol. The fourth-order valence-electron chi connectivity index (χ4n) is 10.1. The van der Waals surface area contributed by atoms with Gasteiger partial charge < -0.3 is 24.7 Å². The molecule has 5 aliphatic rings. The van der Waals surface area contributed by atoms with E-state index in [2.05, 4.69) is 55.2 Å². The number of aromatic amines is 1. The first-order chi connectivity index (χ1) is 21.2. The first-order valence-corrected chi connectivity index (χ1v) is 15.9. The van der Waals surface area contributed by atoms with Crippen LogP contribution in [0.3, 0.4) is 0 Å². The van der Waals surface area contributed by atoms with Crippen molar-refractivity contribution in [2.45, 2.75) is 70.1 Å². The highest BCUT2D eigenvalue weighted by Gasteiger charge is 2.75. The zero-order valence-corrected chi connectivity index (χ0v) is 25.2. The molecule has 0 radical (unpaired) electrons. The molecule has 0 spiro atoms. The maximum absolute atomic E-state index is 13.8. The smallest absolute Gasteiger partial charge is 0.193 e. The van der Waals surface area contributed by atoms with E-state index in [1.54, 1.807) is 12.2 Å². The Morgan fingerprint density at radius 3 is 2.68 bits per heavy atom. The van der Waals surface area contributed by atoms with Gasteiger partial charge in [0.05, 0.1) is 12.2 Å². The minimum Gasteiger partial charge on any atom is -0.393 e. The summed E-state index contributed by atoms with van der Waals surface area (Å²) in [6.45, 7) is 3.56. The van der Waals surface area contributed by atoms with Crippen molar-refractivity contribution in [3.63, 3.8) is 0 Å². The molecule has 7 heteroatoms. The first kappa shape index (κ1) is 28.1. The van der Waals surface area contributed by atoms with Crippen LogP contribution in [0.4, 0.5) is 0 Å². The summed E-state index contributed by atoms with van der Waals surface area (Å²) in [5.74, 6) is -0.226. The molecule has 9 atom stereocenters. The third-order valence-electron chi connectivity index (χ3n) is 12.1. The van der Waals surface area contributed by atoms with Crippen molar-refractivity contribution in [3.8, 4) is 0 Å². The Labute approximate surface area is 257 Å². The Kier molecular flexibility index (Phi) is 6.28. The largest absolute Gasteiger partial charge is 0.393 e. The van der Waals surface area contributed by atoms with Crippen molar-refractivity contribution in [1.29, 1.82) is 0 Å². The quantitative estimate of drug-likeness (QED) is 0.368. The van der Waals surface area contributed by atoms with E-state index in [4.69, 9.17) is 9.47 Å². The van der Waals surface area contributed by atoms with Crippen LogP contribution in [-0.2, 0) is 25.5 Å². The number of aliphatic hydroxyl groups excluding tert-OH is 2. The number of benzene rings is 2. The molecule has 2 heterocycles. The Morgan fingerprint density at radius 1 is 1.09 bits per heavy atom. The molecule has 1 aromatic heterocycles. The van der Waals surface area contributed by atoms with Crippen molar-refractivity contribution in [2.75, 3.05) is 6.61 Å². The number of ether oxygens (including phenoxy) is 2. The maximum atomic E-state index is 13.8. The van der Waals surface area contributed by atoms with Gasteiger partial charge in [-0.3, -0.25) is 9.59 Å². The fourth-order valence-corrected chi connectivity index (χ4v) is 10.1. The highest BCUT2D eigenvalue weighted by atomic mass is 16.7. The van der Waals surface area contributed by atoms with Gasteiger partial charge >= 0.3 is 0 Å². The zero-order valence-electron chi connectivity index (χ0n) is 25.2. The van der Waals surface area contributed by atoms with E-state index in [1.807, 2.05) is 24.4 Å². The number of fused-ring (bicyclic) bond motifs is 8. The van der Waals surface area contributed by atoms with Crippen LogP contribution < -0.4 is 0 Å². The molecule has 8 rings (SSSR count). The van der Waals surface area contributed by atoms with Gasteiger partial charge in [0.1, 0.15) is 6.61 Å². The summed E-state index contributed by atoms with van der Waals surface area (Å²) in [5.41, 5.74) is 2.96. The molecule has 3 aromatic rings. The van der Waals surface area contributed by atoms with Crippen LogP contribution in [0.15, 0.2) is 78.5 Å². The Hall–Kier alpha value is -3.36. The summed E-state index contributed by atoms with van der Waals surface area (Å²) in [4.78, 5) is 29.2. The van der Waals surface area contributed by atoms with Crippen LogP contribution in [0.1, 0.15) is 62.5 Å². The van der Waals surface area contributed by atoms with Crippen LogP contribution in [0.2, 0.25) is 0 Å². The molecule has 1 saturated heterocycles. The number of hydrogen-bond donors (Lipinski definition) is 3. The topological polar surface area (TPSA) is 109 Å². The van der Waals surface area contributed by atoms with Gasteiger partial charge in [-0.1, -0.05) is 61.9 Å². The molecular weight excluding hydrogens is 554 g/mol. The average Bonchev–Trinajstić information content (AvgIpc) is 3.70. The summed E-state index contributed by atoms with van der Waals surface area (Å²) in [7, 11) is 0. The van der Waals surface area contributed by atoms with Gasteiger partial charge in [-0.25, -0.2) is 0 Å². The van der Waals surface area contributed by atoms with Gasteiger partial charge in [0, 0.05) is 34.0 Å². The number of carbonyl (C=O) groups excluding carboxylic acids is 2. The predicted octanol–water partition coefficient (Wildman–Crippen LogP) is 5.36. The lowest BCUT2D eigenvalue weighted by Crippen LogP contribution is -2.63. The molecule has 228 valence electrons. The molecule has 3 saturated carbocycles. The van der Waals surface area contributed by atoms with Gasteiger partial charge in [0.25, 0.3) is 0 Å². The molecule has 7 nitrogen and oxygen atoms in total. The molecule has 1 aliphatic heterocycles. The van der Waals surface area contributed by atoms with Crippen molar-refractivity contribution in [2.24, 2.45) is 28.6 Å². The highest BCUT2D eigenvalue weighted by Crippen LogP contribution is 2.70. The van der Waals surface area contributed by atoms with E-state index >= 15 is 0 Å². The Balaban J connectivity index is 1.07. The number of nitrogens with one attached hydrogen (secondary N) is 1. The van der Waals surface area contributed by atoms with Crippen molar-refractivity contribution >= 4 is 22.5 Å². The molecule has 4 aliphatic carbocycles. The van der Waals surface area contributed by atoms with Gasteiger partial charge in [0.15, 0.2) is 23.5 Å². The minimum absolute atomic E-state index is 0.00733. The molecule has 0 unspecified atom stereocenters. The second kappa shape index (κ2) is 9.82. The normalized spacial score (nSPS) is 39.0. The molecule has 0 amide bonds. The molecule has 2 aromatic carbocycles. The fraction of sp³-hybridized carbons (Fsp3) is 0.459. The Morgan fingerprint density at radius 2 is 1.89 bits per heavy atom. The molecule has 3 N–H and O–H groups in total. The zero-order chi connectivity index (χ0) is 30.4. The van der Waals surface area contributed by atoms with Crippen molar-refractivity contribution in [1.82, 2.24) is 4.98 Å². The summed E-state index contributed by atoms with van der Waals surface area (Å²) in [6, 6.07) is 16.7. The molecule has 4 fully saturated rings. The first-order valence-electron chi connectivity index (χ1n) is 15.9. The Bertz CT molecular complexity index is 1720. The van der Waals surface area contributed by atoms with Gasteiger partial charge in [0.2, 0.25) is 0 Å².